The van der Waals surface area contributed by atoms with Gasteiger partial charge in [-0.2, -0.15) is 0 Å². The molecule has 2 aromatic rings. The van der Waals surface area contributed by atoms with Gasteiger partial charge >= 0.3 is 0 Å². The Balaban J connectivity index is 1.73. The van der Waals surface area contributed by atoms with Gasteiger partial charge < -0.3 is 14.8 Å². The van der Waals surface area contributed by atoms with E-state index in [-0.39, 0.29) is 5.91 Å². The maximum atomic E-state index is 12.1. The molecule has 0 radical (unpaired) electrons. The number of hydrogen-bond donors (Lipinski definition) is 1. The SMILES string of the molecule is COc1ccccc1CCCNC(=O)C(C)Oc1ccc(Cl)cc1. The van der Waals surface area contributed by atoms with Crippen LogP contribution in [0.4, 0.5) is 0 Å². The van der Waals surface area contributed by atoms with E-state index in [0.29, 0.717) is 17.3 Å². The molecule has 2 rings (SSSR count). The highest BCUT2D eigenvalue weighted by molar-refractivity contribution is 6.30. The van der Waals surface area contributed by atoms with E-state index in [9.17, 15) is 4.79 Å². The van der Waals surface area contributed by atoms with E-state index >= 15 is 0 Å². The third kappa shape index (κ3) is 5.46. The van der Waals surface area contributed by atoms with Crippen LogP contribution in [0.15, 0.2) is 48.5 Å². The van der Waals surface area contributed by atoms with Crippen LogP contribution < -0.4 is 14.8 Å². The lowest BCUT2D eigenvalue weighted by atomic mass is 10.1. The first kappa shape index (κ1) is 18.1. The minimum absolute atomic E-state index is 0.134. The zero-order chi connectivity index (χ0) is 17.4. The number of nitrogens with one attached hydrogen (secondary N) is 1. The number of hydrogen-bond acceptors (Lipinski definition) is 3. The van der Waals surface area contributed by atoms with Gasteiger partial charge in [0.1, 0.15) is 11.5 Å². The molecule has 0 fully saturated rings. The van der Waals surface area contributed by atoms with Gasteiger partial charge in [0.25, 0.3) is 5.91 Å². The van der Waals surface area contributed by atoms with Gasteiger partial charge in [-0.3, -0.25) is 4.79 Å². The van der Waals surface area contributed by atoms with Crippen molar-refractivity contribution in [2.75, 3.05) is 13.7 Å². The van der Waals surface area contributed by atoms with Gasteiger partial charge in [-0.25, -0.2) is 0 Å². The highest BCUT2D eigenvalue weighted by atomic mass is 35.5. The highest BCUT2D eigenvalue weighted by Crippen LogP contribution is 2.19. The Hall–Kier alpha value is -2.20. The summed E-state index contributed by atoms with van der Waals surface area (Å²) in [6.45, 7) is 2.31. The van der Waals surface area contributed by atoms with Crippen molar-refractivity contribution < 1.29 is 14.3 Å². The van der Waals surface area contributed by atoms with Crippen molar-refractivity contribution in [3.8, 4) is 11.5 Å². The molecule has 1 N–H and O–H groups in total. The molecule has 0 saturated carbocycles. The van der Waals surface area contributed by atoms with Gasteiger partial charge in [0.05, 0.1) is 7.11 Å². The Bertz CT molecular complexity index is 658. The second-order valence-electron chi connectivity index (χ2n) is 5.42. The van der Waals surface area contributed by atoms with Crippen molar-refractivity contribution in [1.29, 1.82) is 0 Å². The lowest BCUT2D eigenvalue weighted by Crippen LogP contribution is -2.36. The zero-order valence-electron chi connectivity index (χ0n) is 13.9. The normalized spacial score (nSPS) is 11.6. The number of ether oxygens (including phenoxy) is 2. The Kier molecular flexibility index (Phi) is 6.94. The number of carbonyl (C=O) groups excluding carboxylic acids is 1. The minimum Gasteiger partial charge on any atom is -0.496 e. The second-order valence-corrected chi connectivity index (χ2v) is 5.86. The van der Waals surface area contributed by atoms with Crippen LogP contribution in [-0.2, 0) is 11.2 Å². The van der Waals surface area contributed by atoms with Crippen molar-refractivity contribution in [3.63, 3.8) is 0 Å². The van der Waals surface area contributed by atoms with E-state index < -0.39 is 6.10 Å². The van der Waals surface area contributed by atoms with Gasteiger partial charge in [-0.1, -0.05) is 29.8 Å². The Labute approximate surface area is 147 Å². The summed E-state index contributed by atoms with van der Waals surface area (Å²) in [5.74, 6) is 1.37. The molecular weight excluding hydrogens is 326 g/mol. The molecule has 0 aromatic heterocycles. The fraction of sp³-hybridized carbons (Fsp3) is 0.316. The molecule has 128 valence electrons. The molecular formula is C19H22ClNO3. The number of para-hydroxylation sites is 1. The number of halogens is 1. The summed E-state index contributed by atoms with van der Waals surface area (Å²) in [4.78, 5) is 12.1. The quantitative estimate of drug-likeness (QED) is 0.737. The molecule has 2 aromatic carbocycles. The smallest absolute Gasteiger partial charge is 0.260 e. The van der Waals surface area contributed by atoms with Crippen molar-refractivity contribution >= 4 is 17.5 Å². The lowest BCUT2D eigenvalue weighted by Gasteiger charge is -2.15. The summed E-state index contributed by atoms with van der Waals surface area (Å²) in [5, 5.41) is 3.53. The molecule has 0 heterocycles. The van der Waals surface area contributed by atoms with E-state index in [1.165, 1.54) is 0 Å². The summed E-state index contributed by atoms with van der Waals surface area (Å²) in [5.41, 5.74) is 1.14. The molecule has 1 unspecified atom stereocenters. The highest BCUT2D eigenvalue weighted by Gasteiger charge is 2.14. The molecule has 5 heteroatoms. The monoisotopic (exact) mass is 347 g/mol. The molecule has 24 heavy (non-hydrogen) atoms. The molecule has 0 saturated heterocycles. The fourth-order valence-electron chi connectivity index (χ4n) is 2.31. The van der Waals surface area contributed by atoms with Crippen LogP contribution in [0.2, 0.25) is 5.02 Å². The first-order chi connectivity index (χ1) is 11.6. The van der Waals surface area contributed by atoms with Crippen LogP contribution in [0.25, 0.3) is 0 Å². The summed E-state index contributed by atoms with van der Waals surface area (Å²) in [6, 6.07) is 14.9. The van der Waals surface area contributed by atoms with Crippen LogP contribution >= 0.6 is 11.6 Å². The van der Waals surface area contributed by atoms with Crippen molar-refractivity contribution in [2.24, 2.45) is 0 Å². The first-order valence-corrected chi connectivity index (χ1v) is 8.30. The number of carbonyl (C=O) groups is 1. The third-order valence-corrected chi connectivity index (χ3v) is 3.86. The summed E-state index contributed by atoms with van der Waals surface area (Å²) < 4.78 is 10.9. The summed E-state index contributed by atoms with van der Waals surface area (Å²) in [6.07, 6.45) is 1.12. The van der Waals surface area contributed by atoms with Crippen molar-refractivity contribution in [2.45, 2.75) is 25.9 Å². The second kappa shape index (κ2) is 9.18. The fourth-order valence-corrected chi connectivity index (χ4v) is 2.44. The third-order valence-electron chi connectivity index (χ3n) is 3.61. The number of benzene rings is 2. The predicted molar refractivity (Wildman–Crippen MR) is 95.9 cm³/mol. The number of aryl methyl sites for hydroxylation is 1. The Morgan fingerprint density at radius 3 is 2.58 bits per heavy atom. The standard InChI is InChI=1S/C19H22ClNO3/c1-14(24-17-11-9-16(20)10-12-17)19(22)21-13-5-7-15-6-3-4-8-18(15)23-2/h3-4,6,8-12,14H,5,7,13H2,1-2H3,(H,21,22). The average molecular weight is 348 g/mol. The van der Waals surface area contributed by atoms with Crippen LogP contribution in [0, 0.1) is 0 Å². The number of amides is 1. The van der Waals surface area contributed by atoms with E-state index in [4.69, 9.17) is 21.1 Å². The summed E-state index contributed by atoms with van der Waals surface area (Å²) in [7, 11) is 1.66. The average Bonchev–Trinajstić information content (AvgIpc) is 2.60. The van der Waals surface area contributed by atoms with Crippen LogP contribution in [0.3, 0.4) is 0 Å². The molecule has 0 aliphatic carbocycles. The van der Waals surface area contributed by atoms with Gasteiger partial charge in [0, 0.05) is 11.6 Å². The molecule has 0 bridgehead atoms. The van der Waals surface area contributed by atoms with Crippen molar-refractivity contribution in [3.05, 3.63) is 59.1 Å². The number of rotatable bonds is 8. The van der Waals surface area contributed by atoms with E-state index in [0.717, 1.165) is 24.2 Å². The van der Waals surface area contributed by atoms with Gasteiger partial charge in [0.2, 0.25) is 0 Å². The molecule has 1 atom stereocenters. The summed E-state index contributed by atoms with van der Waals surface area (Å²) >= 11 is 5.82. The minimum atomic E-state index is -0.558. The maximum absolute atomic E-state index is 12.1. The van der Waals surface area contributed by atoms with Crippen molar-refractivity contribution in [1.82, 2.24) is 5.32 Å². The van der Waals surface area contributed by atoms with Gasteiger partial charge in [-0.15, -0.1) is 0 Å². The van der Waals surface area contributed by atoms with Crippen LogP contribution in [0.5, 0.6) is 11.5 Å². The Morgan fingerprint density at radius 2 is 1.88 bits per heavy atom. The largest absolute Gasteiger partial charge is 0.496 e. The lowest BCUT2D eigenvalue weighted by molar-refractivity contribution is -0.127. The topological polar surface area (TPSA) is 47.6 Å². The zero-order valence-corrected chi connectivity index (χ0v) is 14.7. The van der Waals surface area contributed by atoms with Crippen LogP contribution in [0.1, 0.15) is 18.9 Å². The Morgan fingerprint density at radius 1 is 1.17 bits per heavy atom. The molecule has 0 aliphatic heterocycles. The molecule has 0 spiro atoms. The van der Waals surface area contributed by atoms with Gasteiger partial charge in [0.15, 0.2) is 6.10 Å². The molecule has 4 nitrogen and oxygen atoms in total. The van der Waals surface area contributed by atoms with Gasteiger partial charge in [-0.05, 0) is 55.7 Å². The number of methoxy groups -OCH3 is 1. The molecule has 1 amide bonds. The van der Waals surface area contributed by atoms with Crippen LogP contribution in [-0.4, -0.2) is 25.7 Å². The predicted octanol–water partition coefficient (Wildman–Crippen LogP) is 3.86. The first-order valence-electron chi connectivity index (χ1n) is 7.92. The van der Waals surface area contributed by atoms with E-state index in [1.807, 2.05) is 24.3 Å². The van der Waals surface area contributed by atoms with E-state index in [2.05, 4.69) is 5.32 Å². The molecule has 0 aliphatic rings. The van der Waals surface area contributed by atoms with E-state index in [1.54, 1.807) is 38.3 Å². The maximum Gasteiger partial charge on any atom is 0.260 e.